The summed E-state index contributed by atoms with van der Waals surface area (Å²) in [4.78, 5) is 0. The number of hydrogen-bond donors (Lipinski definition) is 0. The normalized spacial score (nSPS) is 7.71. The van der Waals surface area contributed by atoms with Crippen LogP contribution in [0.4, 0.5) is 0 Å². The first-order valence-corrected chi connectivity index (χ1v) is 2.91. The van der Waals surface area contributed by atoms with Crippen LogP contribution in [0, 0.1) is 0 Å². The Bertz CT molecular complexity index is 16.1. The molecule has 0 heterocycles. The van der Waals surface area contributed by atoms with Gasteiger partial charge in [0.1, 0.15) is 0 Å². The fourth-order valence-electron chi connectivity index (χ4n) is 0.500. The van der Waals surface area contributed by atoms with Gasteiger partial charge in [-0.3, -0.25) is 0 Å². The molecule has 0 nitrogen and oxygen atoms in total. The molecule has 0 saturated heterocycles. The Labute approximate surface area is 57.2 Å². The van der Waals surface area contributed by atoms with E-state index in [1.54, 1.807) is 0 Å². The quantitative estimate of drug-likeness (QED) is 0.444. The van der Waals surface area contributed by atoms with Crippen molar-refractivity contribution in [2.45, 2.75) is 39.5 Å². The molecule has 0 fully saturated rings. The number of rotatable bonds is 3. The van der Waals surface area contributed by atoms with Crippen molar-refractivity contribution in [1.29, 1.82) is 0 Å². The minimum Gasteiger partial charge on any atom is -0.0654 e. The summed E-state index contributed by atoms with van der Waals surface area (Å²) in [6.45, 7) is 4.46. The van der Waals surface area contributed by atoms with E-state index in [4.69, 9.17) is 0 Å². The molecular formula is C6H14Se. The predicted octanol–water partition coefficient (Wildman–Crippen LogP) is 2.21. The first kappa shape index (κ1) is 10.5. The van der Waals surface area contributed by atoms with Crippen LogP contribution in [-0.2, 0) is 0 Å². The predicted molar refractivity (Wildman–Crippen MR) is 35.6 cm³/mol. The van der Waals surface area contributed by atoms with Gasteiger partial charge in [0.05, 0.1) is 0 Å². The zero-order chi connectivity index (χ0) is 4.83. The standard InChI is InChI=1S/C6H14.Se/c1-3-5-6-4-2;/h3-6H2,1-2H3;. The molecule has 44 valence electrons. The van der Waals surface area contributed by atoms with Gasteiger partial charge in [0.15, 0.2) is 0 Å². The fourth-order valence-corrected chi connectivity index (χ4v) is 0.500. The summed E-state index contributed by atoms with van der Waals surface area (Å²) in [6.07, 6.45) is 5.54. The summed E-state index contributed by atoms with van der Waals surface area (Å²) in [7, 11) is 0. The maximum atomic E-state index is 2.23. The van der Waals surface area contributed by atoms with E-state index >= 15 is 0 Å². The Kier molecular flexibility index (Phi) is 14.6. The molecule has 0 unspecified atom stereocenters. The maximum Gasteiger partial charge on any atom is 0 e. The zero-order valence-corrected chi connectivity index (χ0v) is 6.95. The first-order valence-electron chi connectivity index (χ1n) is 2.91. The van der Waals surface area contributed by atoms with E-state index in [9.17, 15) is 0 Å². The number of hydrogen-bond acceptors (Lipinski definition) is 0. The molecule has 0 aromatic rings. The molecule has 1 heteroatoms. The molecule has 0 aromatic heterocycles. The summed E-state index contributed by atoms with van der Waals surface area (Å²) in [5, 5.41) is 0. The maximum absolute atomic E-state index is 2.23. The van der Waals surface area contributed by atoms with Crippen molar-refractivity contribution in [2.24, 2.45) is 0 Å². The van der Waals surface area contributed by atoms with Gasteiger partial charge in [0, 0.05) is 17.1 Å². The van der Waals surface area contributed by atoms with Crippen LogP contribution in [0.3, 0.4) is 0 Å². The van der Waals surface area contributed by atoms with Crippen molar-refractivity contribution in [2.75, 3.05) is 0 Å². The molecule has 0 amide bonds. The topological polar surface area (TPSA) is 0 Å². The first-order chi connectivity index (χ1) is 2.91. The smallest absolute Gasteiger partial charge is 0 e. The molecule has 0 saturated carbocycles. The second-order valence-electron chi connectivity index (χ2n) is 1.71. The Morgan fingerprint density at radius 1 is 0.857 bits per heavy atom. The van der Waals surface area contributed by atoms with Crippen LogP contribution in [0.2, 0.25) is 0 Å². The average molecular weight is 165 g/mol. The Hall–Kier alpha value is 0.519. The molecule has 7 heavy (non-hydrogen) atoms. The van der Waals surface area contributed by atoms with E-state index < -0.39 is 0 Å². The summed E-state index contributed by atoms with van der Waals surface area (Å²) in [6, 6.07) is 0. The van der Waals surface area contributed by atoms with Gasteiger partial charge in [-0.1, -0.05) is 39.5 Å². The molecule has 0 N–H and O–H groups in total. The SMILES string of the molecule is CCCCCC.[Se]. The van der Waals surface area contributed by atoms with Gasteiger partial charge in [-0.15, -0.1) is 0 Å². The monoisotopic (exact) mass is 166 g/mol. The minimum atomic E-state index is 0. The molecular weight excluding hydrogens is 151 g/mol. The van der Waals surface area contributed by atoms with E-state index in [-0.39, 0.29) is 17.1 Å². The Morgan fingerprint density at radius 2 is 1.14 bits per heavy atom. The van der Waals surface area contributed by atoms with Crippen molar-refractivity contribution in [3.63, 3.8) is 0 Å². The molecule has 0 spiro atoms. The molecule has 0 aromatic carbocycles. The van der Waals surface area contributed by atoms with Gasteiger partial charge in [-0.2, -0.15) is 0 Å². The third-order valence-corrected chi connectivity index (χ3v) is 0.957. The Morgan fingerprint density at radius 3 is 1.29 bits per heavy atom. The van der Waals surface area contributed by atoms with E-state index in [0.29, 0.717) is 0 Å². The second-order valence-corrected chi connectivity index (χ2v) is 1.71. The summed E-state index contributed by atoms with van der Waals surface area (Å²) in [5.74, 6) is 0. The van der Waals surface area contributed by atoms with E-state index in [1.807, 2.05) is 0 Å². The van der Waals surface area contributed by atoms with Gasteiger partial charge in [-0.25, -0.2) is 0 Å². The van der Waals surface area contributed by atoms with Crippen molar-refractivity contribution in [3.8, 4) is 0 Å². The van der Waals surface area contributed by atoms with Crippen LogP contribution in [-0.4, -0.2) is 17.1 Å². The Balaban J connectivity index is 0. The van der Waals surface area contributed by atoms with Crippen LogP contribution >= 0.6 is 0 Å². The average Bonchev–Trinajstić information content (AvgIpc) is 1.61. The fraction of sp³-hybridized carbons (Fsp3) is 1.00. The molecule has 0 aliphatic carbocycles. The number of unbranched alkanes of at least 4 members (excludes halogenated alkanes) is 3. The van der Waals surface area contributed by atoms with Crippen molar-refractivity contribution < 1.29 is 0 Å². The molecule has 0 bridgehead atoms. The summed E-state index contributed by atoms with van der Waals surface area (Å²) in [5.41, 5.74) is 0. The van der Waals surface area contributed by atoms with Gasteiger partial charge in [0.25, 0.3) is 0 Å². The van der Waals surface area contributed by atoms with Crippen LogP contribution in [0.25, 0.3) is 0 Å². The van der Waals surface area contributed by atoms with Crippen molar-refractivity contribution in [1.82, 2.24) is 0 Å². The molecule has 0 atom stereocenters. The van der Waals surface area contributed by atoms with Gasteiger partial charge in [0.2, 0.25) is 0 Å². The van der Waals surface area contributed by atoms with Crippen LogP contribution < -0.4 is 0 Å². The van der Waals surface area contributed by atoms with Crippen molar-refractivity contribution in [3.05, 3.63) is 0 Å². The van der Waals surface area contributed by atoms with E-state index in [0.717, 1.165) is 0 Å². The second kappa shape index (κ2) is 9.72. The van der Waals surface area contributed by atoms with Crippen LogP contribution in [0.15, 0.2) is 0 Å². The van der Waals surface area contributed by atoms with Gasteiger partial charge >= 0.3 is 0 Å². The zero-order valence-electron chi connectivity index (χ0n) is 5.24. The third kappa shape index (κ3) is 10.8. The molecule has 0 aliphatic heterocycles. The molecule has 2 radical (unpaired) electrons. The van der Waals surface area contributed by atoms with Crippen LogP contribution in [0.1, 0.15) is 39.5 Å². The summed E-state index contributed by atoms with van der Waals surface area (Å²) >= 11 is 0. The van der Waals surface area contributed by atoms with E-state index in [2.05, 4.69) is 13.8 Å². The molecule has 0 rings (SSSR count). The summed E-state index contributed by atoms with van der Waals surface area (Å²) < 4.78 is 0. The minimum absolute atomic E-state index is 0. The molecule has 0 aliphatic rings. The van der Waals surface area contributed by atoms with Gasteiger partial charge in [-0.05, 0) is 0 Å². The third-order valence-electron chi connectivity index (χ3n) is 0.957. The van der Waals surface area contributed by atoms with Gasteiger partial charge < -0.3 is 0 Å². The van der Waals surface area contributed by atoms with Crippen molar-refractivity contribution >= 4 is 17.1 Å². The van der Waals surface area contributed by atoms with E-state index in [1.165, 1.54) is 25.7 Å². The largest absolute Gasteiger partial charge is 0.0654 e. The van der Waals surface area contributed by atoms with Crippen LogP contribution in [0.5, 0.6) is 0 Å².